The van der Waals surface area contributed by atoms with Gasteiger partial charge in [-0.25, -0.2) is 0 Å². The Morgan fingerprint density at radius 3 is 3.00 bits per heavy atom. The van der Waals surface area contributed by atoms with Crippen LogP contribution in [0.4, 0.5) is 5.69 Å². The molecule has 0 radical (unpaired) electrons. The molecule has 3 heteroatoms. The average molecular weight is 308 g/mol. The van der Waals surface area contributed by atoms with Crippen LogP contribution in [0.2, 0.25) is 0 Å². The number of ether oxygens (including phenoxy) is 1. The maximum Gasteiger partial charge on any atom is 0.0728 e. The molecule has 0 fully saturated rings. The van der Waals surface area contributed by atoms with Gasteiger partial charge in [0.25, 0.3) is 0 Å². The summed E-state index contributed by atoms with van der Waals surface area (Å²) in [4.78, 5) is 4.97. The second-order valence-corrected chi connectivity index (χ2v) is 7.08. The Morgan fingerprint density at radius 1 is 1.30 bits per heavy atom. The molecule has 2 aliphatic carbocycles. The maximum absolute atomic E-state index is 6.59. The quantitative estimate of drug-likeness (QED) is 0.867. The SMILES string of the molecule is COCCC1=CC2Cc3nc4cc(C)ccc4c(N)c3C(C1)C2. The van der Waals surface area contributed by atoms with Crippen molar-refractivity contribution in [2.75, 3.05) is 19.5 Å². The molecule has 2 aliphatic rings. The molecule has 4 rings (SSSR count). The number of hydrogen-bond donors (Lipinski definition) is 1. The van der Waals surface area contributed by atoms with E-state index in [1.807, 2.05) is 0 Å². The zero-order valence-electron chi connectivity index (χ0n) is 13.9. The molecule has 1 aromatic carbocycles. The number of aryl methyl sites for hydroxylation is 1. The van der Waals surface area contributed by atoms with Crippen molar-refractivity contribution in [2.45, 2.75) is 38.5 Å². The number of anilines is 1. The second-order valence-electron chi connectivity index (χ2n) is 7.08. The summed E-state index contributed by atoms with van der Waals surface area (Å²) in [5.74, 6) is 1.14. The number of methoxy groups -OCH3 is 1. The molecule has 0 spiro atoms. The van der Waals surface area contributed by atoms with Gasteiger partial charge in [-0.05, 0) is 56.1 Å². The molecular formula is C20H24N2O. The molecule has 0 amide bonds. The minimum atomic E-state index is 0.527. The molecule has 0 aliphatic heterocycles. The Hall–Kier alpha value is -1.87. The minimum Gasteiger partial charge on any atom is -0.398 e. The summed E-state index contributed by atoms with van der Waals surface area (Å²) < 4.78 is 5.25. The van der Waals surface area contributed by atoms with Crippen LogP contribution < -0.4 is 5.73 Å². The molecule has 0 saturated heterocycles. The third kappa shape index (κ3) is 2.53. The first kappa shape index (κ1) is 14.7. The van der Waals surface area contributed by atoms with Crippen molar-refractivity contribution in [3.05, 3.63) is 46.7 Å². The van der Waals surface area contributed by atoms with E-state index in [1.165, 1.54) is 28.8 Å². The molecule has 1 heterocycles. The Balaban J connectivity index is 1.77. The fourth-order valence-electron chi connectivity index (χ4n) is 4.34. The van der Waals surface area contributed by atoms with Gasteiger partial charge in [-0.2, -0.15) is 0 Å². The number of rotatable bonds is 3. The Morgan fingerprint density at radius 2 is 2.17 bits per heavy atom. The van der Waals surface area contributed by atoms with E-state index in [1.54, 1.807) is 7.11 Å². The highest BCUT2D eigenvalue weighted by molar-refractivity contribution is 5.93. The number of benzene rings is 1. The summed E-state index contributed by atoms with van der Waals surface area (Å²) >= 11 is 0. The summed E-state index contributed by atoms with van der Waals surface area (Å²) in [5, 5.41) is 1.11. The number of aromatic nitrogens is 1. The smallest absolute Gasteiger partial charge is 0.0728 e. The molecule has 2 bridgehead atoms. The van der Waals surface area contributed by atoms with Crippen LogP contribution in [0.1, 0.15) is 42.0 Å². The Bertz CT molecular complexity index is 794. The molecule has 120 valence electrons. The lowest BCUT2D eigenvalue weighted by molar-refractivity contribution is 0.200. The summed E-state index contributed by atoms with van der Waals surface area (Å²) in [5.41, 5.74) is 13.9. The van der Waals surface area contributed by atoms with Gasteiger partial charge in [-0.3, -0.25) is 4.98 Å². The van der Waals surface area contributed by atoms with E-state index in [4.69, 9.17) is 15.5 Å². The second kappa shape index (κ2) is 5.64. The van der Waals surface area contributed by atoms with Crippen LogP contribution in [0.15, 0.2) is 29.8 Å². The van der Waals surface area contributed by atoms with Gasteiger partial charge in [0, 0.05) is 36.0 Å². The summed E-state index contributed by atoms with van der Waals surface area (Å²) in [7, 11) is 1.77. The van der Waals surface area contributed by atoms with Gasteiger partial charge in [0.05, 0.1) is 5.52 Å². The fourth-order valence-corrected chi connectivity index (χ4v) is 4.34. The highest BCUT2D eigenvalue weighted by Crippen LogP contribution is 2.47. The Labute approximate surface area is 137 Å². The molecule has 2 unspecified atom stereocenters. The lowest BCUT2D eigenvalue weighted by atomic mass is 9.70. The Kier molecular flexibility index (Phi) is 3.61. The standard InChI is InChI=1S/C20H24N2O/c1-12-3-4-16-17(7-12)22-18-11-14-8-13(5-6-23-2)9-15(10-14)19(18)20(16)21/h3-4,7-8,14-15H,5-6,9-11H2,1-2H3,(H2,21,22). The normalized spacial score (nSPS) is 22.8. The highest BCUT2D eigenvalue weighted by atomic mass is 16.5. The predicted molar refractivity (Wildman–Crippen MR) is 94.6 cm³/mol. The van der Waals surface area contributed by atoms with Crippen molar-refractivity contribution in [1.29, 1.82) is 0 Å². The van der Waals surface area contributed by atoms with E-state index < -0.39 is 0 Å². The lowest BCUT2D eigenvalue weighted by Gasteiger charge is -2.36. The number of nitrogen functional groups attached to an aromatic ring is 1. The first-order chi connectivity index (χ1) is 11.2. The minimum absolute atomic E-state index is 0.527. The molecule has 0 saturated carbocycles. The molecule has 2 N–H and O–H groups in total. The van der Waals surface area contributed by atoms with Crippen LogP contribution in [0.25, 0.3) is 10.9 Å². The van der Waals surface area contributed by atoms with Crippen LogP contribution in [-0.4, -0.2) is 18.7 Å². The number of fused-ring (bicyclic) bond motifs is 5. The number of nitrogens with zero attached hydrogens (tertiary/aromatic N) is 1. The topological polar surface area (TPSA) is 48.1 Å². The molecule has 1 aromatic heterocycles. The van der Waals surface area contributed by atoms with E-state index >= 15 is 0 Å². The number of hydrogen-bond acceptors (Lipinski definition) is 3. The summed E-state index contributed by atoms with van der Waals surface area (Å²) in [6, 6.07) is 6.41. The summed E-state index contributed by atoms with van der Waals surface area (Å²) in [6.45, 7) is 2.92. The van der Waals surface area contributed by atoms with Gasteiger partial charge in [-0.15, -0.1) is 0 Å². The van der Waals surface area contributed by atoms with Crippen molar-refractivity contribution < 1.29 is 4.74 Å². The van der Waals surface area contributed by atoms with Crippen molar-refractivity contribution in [1.82, 2.24) is 4.98 Å². The monoisotopic (exact) mass is 308 g/mol. The predicted octanol–water partition coefficient (Wildman–Crippen LogP) is 4.14. The van der Waals surface area contributed by atoms with Crippen molar-refractivity contribution in [3.8, 4) is 0 Å². The zero-order valence-corrected chi connectivity index (χ0v) is 13.9. The number of allylic oxidation sites excluding steroid dienone is 1. The third-order valence-electron chi connectivity index (χ3n) is 5.36. The maximum atomic E-state index is 6.59. The number of pyridine rings is 1. The van der Waals surface area contributed by atoms with Gasteiger partial charge in [0.15, 0.2) is 0 Å². The largest absolute Gasteiger partial charge is 0.398 e. The van der Waals surface area contributed by atoms with Crippen molar-refractivity contribution >= 4 is 16.6 Å². The molecule has 2 aromatic rings. The van der Waals surface area contributed by atoms with Crippen LogP contribution in [0.3, 0.4) is 0 Å². The summed E-state index contributed by atoms with van der Waals surface area (Å²) in [6.07, 6.45) is 6.86. The van der Waals surface area contributed by atoms with Gasteiger partial charge < -0.3 is 10.5 Å². The van der Waals surface area contributed by atoms with Crippen LogP contribution in [-0.2, 0) is 11.2 Å². The first-order valence-electron chi connectivity index (χ1n) is 8.53. The van der Waals surface area contributed by atoms with Gasteiger partial charge >= 0.3 is 0 Å². The molecule has 3 nitrogen and oxygen atoms in total. The van der Waals surface area contributed by atoms with Crippen LogP contribution in [0.5, 0.6) is 0 Å². The fraction of sp³-hybridized carbons (Fsp3) is 0.450. The number of nitrogens with two attached hydrogens (primary N) is 1. The van der Waals surface area contributed by atoms with E-state index in [0.29, 0.717) is 11.8 Å². The van der Waals surface area contributed by atoms with Crippen LogP contribution in [0, 0.1) is 12.8 Å². The van der Waals surface area contributed by atoms with Crippen LogP contribution >= 0.6 is 0 Å². The third-order valence-corrected chi connectivity index (χ3v) is 5.36. The van der Waals surface area contributed by atoms with Crippen molar-refractivity contribution in [2.24, 2.45) is 5.92 Å². The molecular weight excluding hydrogens is 284 g/mol. The van der Waals surface area contributed by atoms with Gasteiger partial charge in [0.1, 0.15) is 0 Å². The zero-order chi connectivity index (χ0) is 16.0. The highest BCUT2D eigenvalue weighted by Gasteiger charge is 2.33. The lowest BCUT2D eigenvalue weighted by Crippen LogP contribution is -2.25. The molecule has 2 atom stereocenters. The van der Waals surface area contributed by atoms with Gasteiger partial charge in [-0.1, -0.05) is 23.8 Å². The van der Waals surface area contributed by atoms with Gasteiger partial charge in [0.2, 0.25) is 0 Å². The van der Waals surface area contributed by atoms with E-state index in [-0.39, 0.29) is 0 Å². The molecule has 23 heavy (non-hydrogen) atoms. The van der Waals surface area contributed by atoms with E-state index in [9.17, 15) is 0 Å². The van der Waals surface area contributed by atoms with E-state index in [0.717, 1.165) is 42.5 Å². The average Bonchev–Trinajstić information content (AvgIpc) is 2.52. The van der Waals surface area contributed by atoms with Crippen molar-refractivity contribution in [3.63, 3.8) is 0 Å². The first-order valence-corrected chi connectivity index (χ1v) is 8.53. The van der Waals surface area contributed by atoms with E-state index in [2.05, 4.69) is 31.2 Å².